The van der Waals surface area contributed by atoms with Crippen LogP contribution in [0.4, 0.5) is 5.95 Å². The SMILES string of the molecule is Cc1ccc(S(=O)(=O)NCc2ccnc(N(C)C)n2)cc1Cl. The van der Waals surface area contributed by atoms with E-state index in [4.69, 9.17) is 11.6 Å². The van der Waals surface area contributed by atoms with Crippen molar-refractivity contribution in [1.82, 2.24) is 14.7 Å². The van der Waals surface area contributed by atoms with Gasteiger partial charge in [0, 0.05) is 25.3 Å². The first-order chi connectivity index (χ1) is 10.3. The first-order valence-corrected chi connectivity index (χ1v) is 8.41. The van der Waals surface area contributed by atoms with E-state index < -0.39 is 10.0 Å². The number of aromatic nitrogens is 2. The van der Waals surface area contributed by atoms with Gasteiger partial charge in [-0.05, 0) is 30.7 Å². The van der Waals surface area contributed by atoms with Crippen LogP contribution in [-0.2, 0) is 16.6 Å². The molecule has 0 aliphatic heterocycles. The number of halogens is 1. The van der Waals surface area contributed by atoms with Crippen LogP contribution in [0.5, 0.6) is 0 Å². The third-order valence-electron chi connectivity index (χ3n) is 3.00. The Hall–Kier alpha value is -1.70. The molecule has 0 radical (unpaired) electrons. The zero-order chi connectivity index (χ0) is 16.3. The summed E-state index contributed by atoms with van der Waals surface area (Å²) in [5.74, 6) is 0.523. The molecule has 22 heavy (non-hydrogen) atoms. The van der Waals surface area contributed by atoms with Gasteiger partial charge in [0.25, 0.3) is 0 Å². The lowest BCUT2D eigenvalue weighted by Crippen LogP contribution is -2.24. The summed E-state index contributed by atoms with van der Waals surface area (Å²) in [4.78, 5) is 10.2. The fourth-order valence-corrected chi connectivity index (χ4v) is 2.96. The van der Waals surface area contributed by atoms with Gasteiger partial charge in [-0.3, -0.25) is 0 Å². The number of hydrogen-bond acceptors (Lipinski definition) is 5. The van der Waals surface area contributed by atoms with Crippen LogP contribution in [-0.4, -0.2) is 32.5 Å². The molecule has 1 aromatic carbocycles. The van der Waals surface area contributed by atoms with Crippen LogP contribution >= 0.6 is 11.6 Å². The fourth-order valence-electron chi connectivity index (χ4n) is 1.69. The smallest absolute Gasteiger partial charge is 0.240 e. The van der Waals surface area contributed by atoms with Crippen molar-refractivity contribution in [2.45, 2.75) is 18.4 Å². The molecule has 8 heteroatoms. The molecule has 0 bridgehead atoms. The molecule has 0 unspecified atom stereocenters. The highest BCUT2D eigenvalue weighted by Gasteiger charge is 2.15. The molecule has 0 fully saturated rings. The average Bonchev–Trinajstić information content (AvgIpc) is 2.48. The minimum Gasteiger partial charge on any atom is -0.347 e. The maximum absolute atomic E-state index is 12.3. The molecule has 118 valence electrons. The molecule has 0 saturated carbocycles. The average molecular weight is 341 g/mol. The molecule has 2 aromatic rings. The van der Waals surface area contributed by atoms with Crippen molar-refractivity contribution in [2.24, 2.45) is 0 Å². The zero-order valence-corrected chi connectivity index (χ0v) is 14.1. The van der Waals surface area contributed by atoms with Crippen molar-refractivity contribution >= 4 is 27.6 Å². The van der Waals surface area contributed by atoms with Gasteiger partial charge >= 0.3 is 0 Å². The van der Waals surface area contributed by atoms with Crippen LogP contribution in [0, 0.1) is 6.92 Å². The Morgan fingerprint density at radius 1 is 1.27 bits per heavy atom. The zero-order valence-electron chi connectivity index (χ0n) is 12.5. The van der Waals surface area contributed by atoms with Crippen molar-refractivity contribution in [3.63, 3.8) is 0 Å². The Bertz CT molecular complexity index is 778. The number of nitrogens with one attached hydrogen (secondary N) is 1. The number of anilines is 1. The third kappa shape index (κ3) is 3.94. The Labute approximate surface area is 135 Å². The van der Waals surface area contributed by atoms with Gasteiger partial charge in [-0.2, -0.15) is 0 Å². The van der Waals surface area contributed by atoms with E-state index in [0.717, 1.165) is 5.56 Å². The monoisotopic (exact) mass is 340 g/mol. The second-order valence-corrected chi connectivity index (χ2v) is 7.15. The minimum absolute atomic E-state index is 0.0805. The van der Waals surface area contributed by atoms with Gasteiger partial charge in [-0.1, -0.05) is 17.7 Å². The maximum Gasteiger partial charge on any atom is 0.240 e. The lowest BCUT2D eigenvalue weighted by Gasteiger charge is -2.11. The summed E-state index contributed by atoms with van der Waals surface area (Å²) >= 11 is 5.97. The van der Waals surface area contributed by atoms with Crippen LogP contribution in [0.1, 0.15) is 11.3 Å². The van der Waals surface area contributed by atoms with E-state index in [1.54, 1.807) is 23.2 Å². The molecule has 0 atom stereocenters. The fraction of sp³-hybridized carbons (Fsp3) is 0.286. The summed E-state index contributed by atoms with van der Waals surface area (Å²) in [6.45, 7) is 1.90. The van der Waals surface area contributed by atoms with Crippen molar-refractivity contribution in [3.05, 3.63) is 46.7 Å². The topological polar surface area (TPSA) is 75.2 Å². The Morgan fingerprint density at radius 2 is 2.00 bits per heavy atom. The van der Waals surface area contributed by atoms with Crippen LogP contribution in [0.3, 0.4) is 0 Å². The van der Waals surface area contributed by atoms with Gasteiger partial charge in [0.15, 0.2) is 0 Å². The molecule has 0 saturated heterocycles. The van der Waals surface area contributed by atoms with Crippen LogP contribution in [0.2, 0.25) is 5.02 Å². The van der Waals surface area contributed by atoms with Crippen LogP contribution in [0.25, 0.3) is 0 Å². The molecule has 0 aliphatic carbocycles. The largest absolute Gasteiger partial charge is 0.347 e. The summed E-state index contributed by atoms with van der Waals surface area (Å²) < 4.78 is 27.0. The maximum atomic E-state index is 12.3. The first kappa shape index (κ1) is 16.7. The molecule has 6 nitrogen and oxygen atoms in total. The summed E-state index contributed by atoms with van der Waals surface area (Å²) in [6.07, 6.45) is 1.59. The van der Waals surface area contributed by atoms with Gasteiger partial charge in [-0.25, -0.2) is 23.1 Å². The van der Waals surface area contributed by atoms with Crippen molar-refractivity contribution in [2.75, 3.05) is 19.0 Å². The molecule has 1 aromatic heterocycles. The molecule has 1 heterocycles. The number of aryl methyl sites for hydroxylation is 1. The van der Waals surface area contributed by atoms with Crippen LogP contribution in [0.15, 0.2) is 35.4 Å². The van der Waals surface area contributed by atoms with Crippen molar-refractivity contribution < 1.29 is 8.42 Å². The van der Waals surface area contributed by atoms with Crippen molar-refractivity contribution in [3.8, 4) is 0 Å². The number of benzene rings is 1. The lowest BCUT2D eigenvalue weighted by atomic mass is 10.2. The predicted octanol–water partition coefficient (Wildman–Crippen LogP) is 1.98. The predicted molar refractivity (Wildman–Crippen MR) is 86.6 cm³/mol. The van der Waals surface area contributed by atoms with Crippen LogP contribution < -0.4 is 9.62 Å². The quantitative estimate of drug-likeness (QED) is 0.900. The van der Waals surface area contributed by atoms with E-state index >= 15 is 0 Å². The summed E-state index contributed by atoms with van der Waals surface area (Å²) in [6, 6.07) is 6.29. The summed E-state index contributed by atoms with van der Waals surface area (Å²) in [5.41, 5.74) is 1.41. The molecule has 0 aliphatic rings. The van der Waals surface area contributed by atoms with Gasteiger partial charge in [0.05, 0.1) is 17.1 Å². The first-order valence-electron chi connectivity index (χ1n) is 6.54. The second-order valence-electron chi connectivity index (χ2n) is 4.98. The van der Waals surface area contributed by atoms with E-state index in [1.807, 2.05) is 21.0 Å². The highest BCUT2D eigenvalue weighted by atomic mass is 35.5. The molecular weight excluding hydrogens is 324 g/mol. The molecule has 2 rings (SSSR count). The Kier molecular flexibility index (Phi) is 5.00. The van der Waals surface area contributed by atoms with Gasteiger partial charge in [0.1, 0.15) is 0 Å². The number of sulfonamides is 1. The number of nitrogens with zero attached hydrogens (tertiary/aromatic N) is 3. The molecule has 0 amide bonds. The summed E-state index contributed by atoms with van der Waals surface area (Å²) in [7, 11) is -0.00519. The molecule has 0 spiro atoms. The summed E-state index contributed by atoms with van der Waals surface area (Å²) in [5, 5.41) is 0.416. The van der Waals surface area contributed by atoms with Crippen molar-refractivity contribution in [1.29, 1.82) is 0 Å². The third-order valence-corrected chi connectivity index (χ3v) is 4.80. The number of hydrogen-bond donors (Lipinski definition) is 1. The van der Waals surface area contributed by atoms with Gasteiger partial charge in [0.2, 0.25) is 16.0 Å². The standard InChI is InChI=1S/C14H17ClN4O2S/c1-10-4-5-12(8-13(10)15)22(20,21)17-9-11-6-7-16-14(18-11)19(2)3/h4-8,17H,9H2,1-3H3. The van der Waals surface area contributed by atoms with Gasteiger partial charge in [-0.15, -0.1) is 0 Å². The normalized spacial score (nSPS) is 11.5. The van der Waals surface area contributed by atoms with E-state index in [0.29, 0.717) is 16.7 Å². The second kappa shape index (κ2) is 6.60. The highest BCUT2D eigenvalue weighted by molar-refractivity contribution is 7.89. The Morgan fingerprint density at radius 3 is 2.64 bits per heavy atom. The lowest BCUT2D eigenvalue weighted by molar-refractivity contribution is 0.580. The number of rotatable bonds is 5. The Balaban J connectivity index is 2.16. The van der Waals surface area contributed by atoms with Gasteiger partial charge < -0.3 is 4.90 Å². The van der Waals surface area contributed by atoms with E-state index in [9.17, 15) is 8.42 Å². The van der Waals surface area contributed by atoms with E-state index in [-0.39, 0.29) is 11.4 Å². The van der Waals surface area contributed by atoms with E-state index in [2.05, 4.69) is 14.7 Å². The molecule has 1 N–H and O–H groups in total. The van der Waals surface area contributed by atoms with E-state index in [1.165, 1.54) is 12.1 Å². The molecular formula is C14H17ClN4O2S. The highest BCUT2D eigenvalue weighted by Crippen LogP contribution is 2.20. The minimum atomic E-state index is -3.64.